The summed E-state index contributed by atoms with van der Waals surface area (Å²) in [5.74, 6) is -1.11. The maximum Gasteiger partial charge on any atom is 0.233 e. The summed E-state index contributed by atoms with van der Waals surface area (Å²) in [7, 11) is 0. The number of amides is 1. The number of β-lactam (4-membered cyclic amide) rings is 1. The number of aliphatic hydroxyl groups is 5. The first-order valence-corrected chi connectivity index (χ1v) is 14.2. The van der Waals surface area contributed by atoms with Gasteiger partial charge in [-0.3, -0.25) is 4.79 Å². The van der Waals surface area contributed by atoms with Gasteiger partial charge in [0, 0.05) is 5.69 Å². The average molecular weight is 588 g/mol. The van der Waals surface area contributed by atoms with Crippen LogP contribution in [-0.4, -0.2) is 67.0 Å². The maximum absolute atomic E-state index is 13.6. The van der Waals surface area contributed by atoms with Gasteiger partial charge in [-0.05, 0) is 72.5 Å². The van der Waals surface area contributed by atoms with Gasteiger partial charge < -0.3 is 35.2 Å². The lowest BCUT2D eigenvalue weighted by atomic mass is 9.78. The van der Waals surface area contributed by atoms with Crippen LogP contribution in [0.1, 0.15) is 36.1 Å². The van der Waals surface area contributed by atoms with Crippen molar-refractivity contribution in [3.63, 3.8) is 0 Å². The fourth-order valence-electron chi connectivity index (χ4n) is 5.33. The van der Waals surface area contributed by atoms with Crippen LogP contribution in [0, 0.1) is 17.6 Å². The Balaban J connectivity index is 1.33. The predicted octanol–water partition coefficient (Wildman–Crippen LogP) is 3.08. The zero-order chi connectivity index (χ0) is 29.3. The number of hydrogen-bond acceptors (Lipinski definition) is 8. The first-order chi connectivity index (χ1) is 19.7. The molecular weight excluding hydrogens is 556 g/mol. The number of hydrogen-bond donors (Lipinski definition) is 5. The normalized spacial score (nSPS) is 28.7. The van der Waals surface area contributed by atoms with Crippen molar-refractivity contribution in [2.75, 3.05) is 11.5 Å². The van der Waals surface area contributed by atoms with Crippen molar-refractivity contribution in [2.45, 2.75) is 54.0 Å². The van der Waals surface area contributed by atoms with Crippen LogP contribution in [0.4, 0.5) is 14.5 Å². The summed E-state index contributed by atoms with van der Waals surface area (Å²) in [6.45, 7) is -0.402. The molecule has 3 aromatic rings. The molecule has 2 heterocycles. The van der Waals surface area contributed by atoms with Gasteiger partial charge in [0.1, 0.15) is 29.6 Å². The second-order valence-corrected chi connectivity index (χ2v) is 11.6. The van der Waals surface area contributed by atoms with Gasteiger partial charge in [0.2, 0.25) is 5.91 Å². The first kappa shape index (κ1) is 29.4. The fraction of sp³-hybridized carbons (Fsp3) is 0.367. The summed E-state index contributed by atoms with van der Waals surface area (Å²) in [6.07, 6.45) is -4.41. The van der Waals surface area contributed by atoms with Crippen LogP contribution in [0.5, 0.6) is 5.75 Å². The van der Waals surface area contributed by atoms with Gasteiger partial charge >= 0.3 is 0 Å². The van der Waals surface area contributed by atoms with Crippen molar-refractivity contribution >= 4 is 23.4 Å². The van der Waals surface area contributed by atoms with E-state index in [1.807, 2.05) is 0 Å². The highest BCUT2D eigenvalue weighted by Crippen LogP contribution is 2.46. The molecule has 2 saturated heterocycles. The Kier molecular flexibility index (Phi) is 8.93. The third-order valence-electron chi connectivity index (χ3n) is 7.65. The second-order valence-electron chi connectivity index (χ2n) is 10.3. The summed E-state index contributed by atoms with van der Waals surface area (Å²) in [6, 6.07) is 17.6. The smallest absolute Gasteiger partial charge is 0.233 e. The minimum absolute atomic E-state index is 0.169. The molecule has 0 bridgehead atoms. The Morgan fingerprint density at radius 1 is 0.854 bits per heavy atom. The lowest BCUT2D eigenvalue weighted by molar-refractivity contribution is -0.131. The van der Waals surface area contributed by atoms with E-state index < -0.39 is 65.3 Å². The van der Waals surface area contributed by atoms with Crippen LogP contribution in [0.2, 0.25) is 0 Å². The Bertz CT molecular complexity index is 1330. The van der Waals surface area contributed by atoms with Gasteiger partial charge in [0.05, 0.1) is 36.0 Å². The molecule has 0 saturated carbocycles. The van der Waals surface area contributed by atoms with Crippen molar-refractivity contribution < 1.29 is 43.8 Å². The average Bonchev–Trinajstić information content (AvgIpc) is 2.98. The van der Waals surface area contributed by atoms with Gasteiger partial charge in [0.25, 0.3) is 0 Å². The Labute approximate surface area is 239 Å². The van der Waals surface area contributed by atoms with E-state index in [9.17, 15) is 39.1 Å². The minimum atomic E-state index is -1.48. The minimum Gasteiger partial charge on any atom is -0.477 e. The molecule has 2 aliphatic heterocycles. The van der Waals surface area contributed by atoms with Gasteiger partial charge in [0.15, 0.2) is 5.44 Å². The van der Waals surface area contributed by atoms with E-state index in [-0.39, 0.29) is 12.3 Å². The van der Waals surface area contributed by atoms with Crippen molar-refractivity contribution in [3.05, 3.63) is 95.6 Å². The molecule has 3 aromatic carbocycles. The Morgan fingerprint density at radius 2 is 1.46 bits per heavy atom. The third kappa shape index (κ3) is 6.11. The van der Waals surface area contributed by atoms with Crippen LogP contribution in [0.25, 0.3) is 0 Å². The molecule has 8 atom stereocenters. The van der Waals surface area contributed by atoms with Crippen LogP contribution in [-0.2, 0) is 4.79 Å². The van der Waals surface area contributed by atoms with Crippen molar-refractivity contribution in [1.29, 1.82) is 0 Å². The number of halogens is 2. The number of anilines is 1. The van der Waals surface area contributed by atoms with Crippen molar-refractivity contribution in [2.24, 2.45) is 5.92 Å². The highest BCUT2D eigenvalue weighted by Gasteiger charge is 2.49. The van der Waals surface area contributed by atoms with Gasteiger partial charge in [-0.25, -0.2) is 8.78 Å². The Hall–Kier alpha value is -3.06. The molecule has 0 spiro atoms. The standard InChI is InChI=1S/C30H31F2NO7S/c31-18-5-1-16(2-6-18)23(35)14-13-22-25(33(29(22)39)20-9-7-19(32)8-10-20)17-3-11-21(12-4-17)40-30-28(38)27(37)26(36)24(15-34)41-30/h1-12,22-28,30,34-38H,13-15H2/t22?,23?,24-,25?,26+,27-,28+,30-/m0/s1. The molecule has 41 heavy (non-hydrogen) atoms. The van der Waals surface area contributed by atoms with Crippen molar-refractivity contribution in [3.8, 4) is 5.75 Å². The maximum atomic E-state index is 13.6. The van der Waals surface area contributed by atoms with E-state index in [0.29, 0.717) is 23.4 Å². The number of rotatable bonds is 9. The highest BCUT2D eigenvalue weighted by atomic mass is 32.2. The molecule has 5 rings (SSSR count). The predicted molar refractivity (Wildman–Crippen MR) is 148 cm³/mol. The monoisotopic (exact) mass is 587 g/mol. The molecule has 3 unspecified atom stereocenters. The molecule has 8 nitrogen and oxygen atoms in total. The highest BCUT2D eigenvalue weighted by molar-refractivity contribution is 8.00. The number of benzene rings is 3. The van der Waals surface area contributed by atoms with Crippen LogP contribution in [0.3, 0.4) is 0 Å². The Morgan fingerprint density at radius 3 is 2.07 bits per heavy atom. The van der Waals surface area contributed by atoms with Gasteiger partial charge in [-0.1, -0.05) is 24.3 Å². The van der Waals surface area contributed by atoms with E-state index >= 15 is 0 Å². The summed E-state index contributed by atoms with van der Waals surface area (Å²) in [4.78, 5) is 14.9. The van der Waals surface area contributed by atoms with E-state index in [1.165, 1.54) is 48.5 Å². The first-order valence-electron chi connectivity index (χ1n) is 13.3. The van der Waals surface area contributed by atoms with E-state index in [4.69, 9.17) is 4.74 Å². The third-order valence-corrected chi connectivity index (χ3v) is 9.07. The summed E-state index contributed by atoms with van der Waals surface area (Å²) in [5.41, 5.74) is 0.915. The molecule has 2 fully saturated rings. The molecule has 2 aliphatic rings. The molecule has 5 N–H and O–H groups in total. The van der Waals surface area contributed by atoms with E-state index in [2.05, 4.69) is 0 Å². The van der Waals surface area contributed by atoms with Crippen molar-refractivity contribution in [1.82, 2.24) is 0 Å². The molecule has 0 aliphatic carbocycles. The van der Waals surface area contributed by atoms with E-state index in [1.54, 1.807) is 29.2 Å². The zero-order valence-electron chi connectivity index (χ0n) is 21.8. The van der Waals surface area contributed by atoms with Crippen LogP contribution in [0.15, 0.2) is 72.8 Å². The number of carbonyl (C=O) groups excluding carboxylic acids is 1. The SMILES string of the molecule is O=C1C(CCC(O)c2ccc(F)cc2)C(c2ccc(O[C@H]3S[C@@H](CO)[C@@H](O)[C@H](O)[C@H]3O)cc2)N1c1ccc(F)cc1. The van der Waals surface area contributed by atoms with E-state index in [0.717, 1.165) is 17.3 Å². The lowest BCUT2D eigenvalue weighted by Crippen LogP contribution is -2.55. The molecular formula is C30H31F2NO7S. The summed E-state index contributed by atoms with van der Waals surface area (Å²) >= 11 is 1.02. The number of carbonyl (C=O) groups is 1. The topological polar surface area (TPSA) is 131 Å². The van der Waals surface area contributed by atoms with Crippen LogP contribution >= 0.6 is 11.8 Å². The van der Waals surface area contributed by atoms with Gasteiger partial charge in [-0.15, -0.1) is 11.8 Å². The second kappa shape index (κ2) is 12.4. The van der Waals surface area contributed by atoms with Gasteiger partial charge in [-0.2, -0.15) is 0 Å². The number of nitrogens with zero attached hydrogens (tertiary/aromatic N) is 1. The number of aliphatic hydroxyl groups excluding tert-OH is 5. The quantitative estimate of drug-likeness (QED) is 0.242. The van der Waals surface area contributed by atoms with Crippen LogP contribution < -0.4 is 9.64 Å². The molecule has 0 aromatic heterocycles. The zero-order valence-corrected chi connectivity index (χ0v) is 22.6. The number of thioether (sulfide) groups is 1. The summed E-state index contributed by atoms with van der Waals surface area (Å²) < 4.78 is 32.7. The molecule has 1 amide bonds. The fourth-order valence-corrected chi connectivity index (χ4v) is 6.57. The number of ether oxygens (including phenoxy) is 1. The molecule has 11 heteroatoms. The molecule has 0 radical (unpaired) electrons. The lowest BCUT2D eigenvalue weighted by Gasteiger charge is -2.48. The largest absolute Gasteiger partial charge is 0.477 e. The summed E-state index contributed by atoms with van der Waals surface area (Å²) in [5, 5.41) is 49.9. The molecule has 218 valence electrons.